The predicted octanol–water partition coefficient (Wildman–Crippen LogP) is 7.44. The predicted molar refractivity (Wildman–Crippen MR) is 129 cm³/mol. The van der Waals surface area contributed by atoms with E-state index in [-0.39, 0.29) is 0 Å². The molecule has 0 fully saturated rings. The minimum absolute atomic E-state index is 0.301. The molecule has 0 saturated carbocycles. The normalized spacial score (nSPS) is 11.6. The van der Waals surface area contributed by atoms with Gasteiger partial charge in [-0.3, -0.25) is 0 Å². The van der Waals surface area contributed by atoms with Gasteiger partial charge in [0.25, 0.3) is 0 Å². The summed E-state index contributed by atoms with van der Waals surface area (Å²) in [5.41, 5.74) is 4.86. The molecular formula is C28H28N2. The molecule has 0 saturated heterocycles. The van der Waals surface area contributed by atoms with Gasteiger partial charge in [-0.25, -0.2) is 0 Å². The summed E-state index contributed by atoms with van der Waals surface area (Å²) in [7, 11) is 0. The molecule has 4 aromatic rings. The molecular weight excluding hydrogens is 364 g/mol. The lowest BCUT2D eigenvalue weighted by molar-refractivity contribution is 0.631. The smallest absolute Gasteiger partial charge is 0.0519 e. The van der Waals surface area contributed by atoms with Gasteiger partial charge in [0.15, 0.2) is 0 Å². The molecule has 1 atom stereocenters. The highest BCUT2D eigenvalue weighted by Crippen LogP contribution is 2.32. The molecule has 0 aliphatic rings. The zero-order chi connectivity index (χ0) is 20.6. The van der Waals surface area contributed by atoms with E-state index in [1.165, 1.54) is 22.7 Å². The average Bonchev–Trinajstić information content (AvgIpc) is 2.84. The topological polar surface area (TPSA) is 6.48 Å². The van der Waals surface area contributed by atoms with E-state index in [4.69, 9.17) is 0 Å². The van der Waals surface area contributed by atoms with Gasteiger partial charge in [-0.05, 0) is 55.0 Å². The van der Waals surface area contributed by atoms with Crippen molar-refractivity contribution < 1.29 is 0 Å². The van der Waals surface area contributed by atoms with Gasteiger partial charge in [0.05, 0.1) is 6.04 Å². The van der Waals surface area contributed by atoms with Crippen LogP contribution >= 0.6 is 0 Å². The first-order valence-electron chi connectivity index (χ1n) is 10.6. The molecule has 0 aliphatic heterocycles. The first-order chi connectivity index (χ1) is 14.9. The summed E-state index contributed by atoms with van der Waals surface area (Å²) >= 11 is 0. The third-order valence-corrected chi connectivity index (χ3v) is 5.43. The summed E-state index contributed by atoms with van der Waals surface area (Å²) in [5.74, 6) is 0. The maximum atomic E-state index is 2.47. The highest BCUT2D eigenvalue weighted by Gasteiger charge is 2.23. The Morgan fingerprint density at radius 2 is 0.833 bits per heavy atom. The van der Waals surface area contributed by atoms with Gasteiger partial charge < -0.3 is 9.80 Å². The lowest BCUT2D eigenvalue weighted by Crippen LogP contribution is -2.40. The lowest BCUT2D eigenvalue weighted by Gasteiger charge is -2.37. The maximum Gasteiger partial charge on any atom is 0.0519 e. The van der Waals surface area contributed by atoms with E-state index in [2.05, 4.69) is 138 Å². The van der Waals surface area contributed by atoms with Crippen LogP contribution in [0.25, 0.3) is 0 Å². The Labute approximate surface area is 180 Å². The Balaban J connectivity index is 1.74. The van der Waals surface area contributed by atoms with Gasteiger partial charge in [-0.15, -0.1) is 0 Å². The Hall–Kier alpha value is -3.52. The minimum atomic E-state index is 0.301. The number of hydrogen-bond donors (Lipinski definition) is 0. The van der Waals surface area contributed by atoms with Crippen LogP contribution in [0, 0.1) is 0 Å². The van der Waals surface area contributed by atoms with Crippen LogP contribution in [0.5, 0.6) is 0 Å². The van der Waals surface area contributed by atoms with E-state index in [0.29, 0.717) is 6.04 Å². The Morgan fingerprint density at radius 1 is 0.500 bits per heavy atom. The van der Waals surface area contributed by atoms with Gasteiger partial charge >= 0.3 is 0 Å². The quantitative estimate of drug-likeness (QED) is 0.307. The fourth-order valence-corrected chi connectivity index (χ4v) is 3.93. The van der Waals surface area contributed by atoms with Crippen LogP contribution in [0.2, 0.25) is 0 Å². The van der Waals surface area contributed by atoms with Gasteiger partial charge in [-0.2, -0.15) is 0 Å². The van der Waals surface area contributed by atoms with Crippen LogP contribution in [-0.2, 0) is 0 Å². The van der Waals surface area contributed by atoms with E-state index in [9.17, 15) is 0 Å². The second-order valence-corrected chi connectivity index (χ2v) is 7.38. The molecule has 4 aromatic carbocycles. The molecule has 150 valence electrons. The molecule has 0 aromatic heterocycles. The van der Waals surface area contributed by atoms with Gasteiger partial charge in [0.2, 0.25) is 0 Å². The van der Waals surface area contributed by atoms with Crippen molar-refractivity contribution in [1.82, 2.24) is 0 Å². The summed E-state index contributed by atoms with van der Waals surface area (Å²) in [4.78, 5) is 4.89. The van der Waals surface area contributed by atoms with Crippen LogP contribution in [0.3, 0.4) is 0 Å². The molecule has 0 amide bonds. The zero-order valence-corrected chi connectivity index (χ0v) is 17.4. The van der Waals surface area contributed by atoms with Gasteiger partial charge in [0, 0.05) is 29.3 Å². The van der Waals surface area contributed by atoms with Crippen LogP contribution in [0.4, 0.5) is 22.7 Å². The first kappa shape index (κ1) is 19.8. The summed E-state index contributed by atoms with van der Waals surface area (Å²) in [5, 5.41) is 0. The summed E-state index contributed by atoms with van der Waals surface area (Å²) in [6.07, 6.45) is 1.03. The van der Waals surface area contributed by atoms with Crippen molar-refractivity contribution in [3.8, 4) is 0 Å². The number of anilines is 4. The van der Waals surface area contributed by atoms with Crippen LogP contribution in [0.1, 0.15) is 13.3 Å². The van der Waals surface area contributed by atoms with Crippen molar-refractivity contribution >= 4 is 22.7 Å². The number of nitrogens with zero attached hydrogens (tertiary/aromatic N) is 2. The number of para-hydroxylation sites is 4. The average molecular weight is 393 g/mol. The first-order valence-corrected chi connectivity index (χ1v) is 10.6. The molecule has 1 unspecified atom stereocenters. The highest BCUT2D eigenvalue weighted by atomic mass is 15.2. The Morgan fingerprint density at radius 3 is 1.17 bits per heavy atom. The van der Waals surface area contributed by atoms with Gasteiger partial charge in [-0.1, -0.05) is 79.7 Å². The summed E-state index contributed by atoms with van der Waals surface area (Å²) in [6, 6.07) is 43.1. The van der Waals surface area contributed by atoms with E-state index in [0.717, 1.165) is 13.0 Å². The monoisotopic (exact) mass is 392 g/mol. The van der Waals surface area contributed by atoms with Crippen LogP contribution < -0.4 is 9.80 Å². The zero-order valence-electron chi connectivity index (χ0n) is 17.4. The Kier molecular flexibility index (Phi) is 6.46. The number of hydrogen-bond acceptors (Lipinski definition) is 2. The molecule has 0 heterocycles. The SMILES string of the molecule is CCC(CN(c1ccccc1)c1ccccc1)N(c1ccccc1)c1ccccc1. The molecule has 0 aliphatic carbocycles. The van der Waals surface area contributed by atoms with Crippen molar-refractivity contribution in [2.24, 2.45) is 0 Å². The fraction of sp³-hybridized carbons (Fsp3) is 0.143. The molecule has 0 spiro atoms. The van der Waals surface area contributed by atoms with Crippen molar-refractivity contribution in [2.45, 2.75) is 19.4 Å². The Bertz CT molecular complexity index is 922. The molecule has 0 N–H and O–H groups in total. The van der Waals surface area contributed by atoms with E-state index < -0.39 is 0 Å². The summed E-state index contributed by atoms with van der Waals surface area (Å²) < 4.78 is 0. The van der Waals surface area contributed by atoms with Crippen molar-refractivity contribution in [3.05, 3.63) is 121 Å². The number of benzene rings is 4. The fourth-order valence-electron chi connectivity index (χ4n) is 3.93. The number of rotatable bonds is 8. The highest BCUT2D eigenvalue weighted by molar-refractivity contribution is 5.67. The second kappa shape index (κ2) is 9.80. The van der Waals surface area contributed by atoms with Crippen molar-refractivity contribution in [3.63, 3.8) is 0 Å². The molecule has 0 bridgehead atoms. The van der Waals surface area contributed by atoms with E-state index in [1.54, 1.807) is 0 Å². The third-order valence-electron chi connectivity index (χ3n) is 5.43. The lowest BCUT2D eigenvalue weighted by atomic mass is 10.1. The van der Waals surface area contributed by atoms with Crippen LogP contribution in [0.15, 0.2) is 121 Å². The second-order valence-electron chi connectivity index (χ2n) is 7.38. The molecule has 30 heavy (non-hydrogen) atoms. The van der Waals surface area contributed by atoms with Crippen molar-refractivity contribution in [2.75, 3.05) is 16.3 Å². The van der Waals surface area contributed by atoms with E-state index >= 15 is 0 Å². The molecule has 2 heteroatoms. The van der Waals surface area contributed by atoms with Crippen molar-refractivity contribution in [1.29, 1.82) is 0 Å². The third kappa shape index (κ3) is 4.55. The molecule has 2 nitrogen and oxygen atoms in total. The maximum absolute atomic E-state index is 2.47. The summed E-state index contributed by atoms with van der Waals surface area (Å²) in [6.45, 7) is 3.16. The van der Waals surface area contributed by atoms with Gasteiger partial charge in [0.1, 0.15) is 0 Å². The molecule has 0 radical (unpaired) electrons. The molecule has 4 rings (SSSR count). The van der Waals surface area contributed by atoms with Crippen LogP contribution in [-0.4, -0.2) is 12.6 Å². The van der Waals surface area contributed by atoms with E-state index in [1.807, 2.05) is 0 Å². The minimum Gasteiger partial charge on any atom is -0.339 e. The standard InChI is InChI=1S/C28H28N2/c1-2-24(30(27-19-11-5-12-20-27)28-21-13-6-14-22-28)23-29(25-15-7-3-8-16-25)26-17-9-4-10-18-26/h3-22,24H,2,23H2,1H3. The largest absolute Gasteiger partial charge is 0.339 e.